The Hall–Kier alpha value is -1.97. The number of allylic oxidation sites excluding steroid dienone is 3. The van der Waals surface area contributed by atoms with E-state index in [0.717, 1.165) is 0 Å². The Bertz CT molecular complexity index is 946. The first kappa shape index (κ1) is 24.7. The summed E-state index contributed by atoms with van der Waals surface area (Å²) in [6.07, 6.45) is 4.54. The number of aliphatic carboxylic acids is 1. The maximum Gasteiger partial charge on any atom is 0.312 e. The Balaban J connectivity index is 2.09. The molecule has 0 aromatic rings. The molecule has 1 saturated heterocycles. The molecular weight excluding hydrogens is 440 g/mol. The minimum Gasteiger partial charge on any atom is -0.481 e. The normalized spacial score (nSPS) is 36.0. The Morgan fingerprint density at radius 2 is 1.84 bits per heavy atom. The quantitative estimate of drug-likeness (QED) is 0.466. The summed E-state index contributed by atoms with van der Waals surface area (Å²) in [5, 5.41) is 40.9. The van der Waals surface area contributed by atoms with Gasteiger partial charge >= 0.3 is 5.97 Å². The molecule has 0 amide bonds. The molecule has 0 aromatic heterocycles. The second kappa shape index (κ2) is 8.43. The molecule has 0 unspecified atom stereocenters. The van der Waals surface area contributed by atoms with E-state index in [0.29, 0.717) is 16.9 Å². The van der Waals surface area contributed by atoms with Gasteiger partial charge in [-0.15, -0.1) is 0 Å². The van der Waals surface area contributed by atoms with Crippen molar-refractivity contribution >= 4 is 23.4 Å². The number of Topliss-reactive ketones (excluding diaryl/α,β-unsaturated/α-hetero) is 1. The van der Waals surface area contributed by atoms with Crippen LogP contribution in [0.5, 0.6) is 0 Å². The van der Waals surface area contributed by atoms with Crippen molar-refractivity contribution < 1.29 is 39.5 Å². The zero-order chi connectivity index (χ0) is 24.2. The first-order chi connectivity index (χ1) is 14.8. The van der Waals surface area contributed by atoms with Gasteiger partial charge in [0.25, 0.3) is 0 Å². The molecule has 8 atom stereocenters. The van der Waals surface area contributed by atoms with Crippen LogP contribution in [0.15, 0.2) is 46.4 Å². The molecule has 0 radical (unpaired) electrons. The van der Waals surface area contributed by atoms with Crippen molar-refractivity contribution in [2.75, 3.05) is 0 Å². The molecule has 8 nitrogen and oxygen atoms in total. The van der Waals surface area contributed by atoms with Crippen LogP contribution >= 0.6 is 11.6 Å². The van der Waals surface area contributed by atoms with Crippen LogP contribution in [-0.2, 0) is 19.1 Å². The molecule has 176 valence electrons. The summed E-state index contributed by atoms with van der Waals surface area (Å²) in [6, 6.07) is 0. The topological polar surface area (TPSA) is 134 Å². The lowest BCUT2D eigenvalue weighted by Crippen LogP contribution is -2.50. The predicted octanol–water partition coefficient (Wildman–Crippen LogP) is 2.24. The molecule has 3 rings (SSSR count). The molecule has 0 aromatic carbocycles. The number of carboxylic acid groups (broad SMARTS) is 1. The number of ether oxygens (including phenoxy) is 2. The highest BCUT2D eigenvalue weighted by atomic mass is 35.5. The molecule has 0 bridgehead atoms. The van der Waals surface area contributed by atoms with Crippen LogP contribution in [0.4, 0.5) is 0 Å². The first-order valence-electron chi connectivity index (χ1n) is 10.5. The van der Waals surface area contributed by atoms with Crippen molar-refractivity contribution in [1.82, 2.24) is 0 Å². The molecule has 1 aliphatic carbocycles. The SMILES string of the molecule is C[C@H](O)[C@H](C)[C@]1(O)O[C@]2(C)C(=O)C(Cl)=C3C=C(/C=C/[C@@H](C)[C@@H](C)O)OC=C3[C@@H]2[C@@H]1C(=O)O. The first-order valence-corrected chi connectivity index (χ1v) is 10.9. The van der Waals surface area contributed by atoms with Gasteiger partial charge in [0, 0.05) is 28.9 Å². The second-order valence-corrected chi connectivity index (χ2v) is 9.42. The summed E-state index contributed by atoms with van der Waals surface area (Å²) in [6.45, 7) is 7.74. The van der Waals surface area contributed by atoms with Crippen LogP contribution in [0.25, 0.3) is 0 Å². The lowest BCUT2D eigenvalue weighted by atomic mass is 9.66. The zero-order valence-electron chi connectivity index (χ0n) is 18.6. The second-order valence-electron chi connectivity index (χ2n) is 9.04. The average Bonchev–Trinajstić information content (AvgIpc) is 2.98. The Morgan fingerprint density at radius 3 is 2.38 bits per heavy atom. The number of hydrogen-bond donors (Lipinski definition) is 4. The fourth-order valence-electron chi connectivity index (χ4n) is 4.45. The van der Waals surface area contributed by atoms with Crippen molar-refractivity contribution in [3.63, 3.8) is 0 Å². The molecular formula is C23H29ClO8. The van der Waals surface area contributed by atoms with E-state index in [1.165, 1.54) is 33.1 Å². The van der Waals surface area contributed by atoms with E-state index in [2.05, 4.69) is 0 Å². The Labute approximate surface area is 191 Å². The van der Waals surface area contributed by atoms with Crippen molar-refractivity contribution in [3.05, 3.63) is 46.4 Å². The van der Waals surface area contributed by atoms with E-state index in [4.69, 9.17) is 21.1 Å². The van der Waals surface area contributed by atoms with Gasteiger partial charge in [0.1, 0.15) is 17.3 Å². The van der Waals surface area contributed by atoms with Gasteiger partial charge in [-0.3, -0.25) is 9.59 Å². The summed E-state index contributed by atoms with van der Waals surface area (Å²) < 4.78 is 11.5. The van der Waals surface area contributed by atoms with Gasteiger partial charge in [-0.2, -0.15) is 0 Å². The highest BCUT2D eigenvalue weighted by Gasteiger charge is 2.70. The Morgan fingerprint density at radius 1 is 1.22 bits per heavy atom. The van der Waals surface area contributed by atoms with Gasteiger partial charge in [-0.25, -0.2) is 0 Å². The predicted molar refractivity (Wildman–Crippen MR) is 115 cm³/mol. The number of carbonyl (C=O) groups excluding carboxylic acids is 1. The van der Waals surface area contributed by atoms with Gasteiger partial charge in [-0.1, -0.05) is 31.5 Å². The van der Waals surface area contributed by atoms with Crippen LogP contribution in [-0.4, -0.2) is 55.8 Å². The molecule has 4 N–H and O–H groups in total. The highest BCUT2D eigenvalue weighted by Crippen LogP contribution is 2.58. The molecule has 1 fully saturated rings. The highest BCUT2D eigenvalue weighted by molar-refractivity contribution is 6.45. The van der Waals surface area contributed by atoms with Gasteiger partial charge < -0.3 is 29.9 Å². The largest absolute Gasteiger partial charge is 0.481 e. The van der Waals surface area contributed by atoms with Gasteiger partial charge in [0.05, 0.1) is 23.5 Å². The number of rotatable bonds is 6. The van der Waals surface area contributed by atoms with Gasteiger partial charge in [0.15, 0.2) is 5.79 Å². The number of aliphatic hydroxyl groups is 3. The smallest absolute Gasteiger partial charge is 0.312 e. The molecule has 0 saturated carbocycles. The Kier molecular flexibility index (Phi) is 6.49. The van der Waals surface area contributed by atoms with E-state index >= 15 is 0 Å². The van der Waals surface area contributed by atoms with E-state index in [9.17, 15) is 30.0 Å². The van der Waals surface area contributed by atoms with Crippen LogP contribution < -0.4 is 0 Å². The van der Waals surface area contributed by atoms with Crippen molar-refractivity contribution in [3.8, 4) is 0 Å². The summed E-state index contributed by atoms with van der Waals surface area (Å²) in [5.41, 5.74) is -1.16. The summed E-state index contributed by atoms with van der Waals surface area (Å²) in [4.78, 5) is 25.6. The van der Waals surface area contributed by atoms with Crippen molar-refractivity contribution in [1.29, 1.82) is 0 Å². The lowest BCUT2D eigenvalue weighted by Gasteiger charge is -2.37. The summed E-state index contributed by atoms with van der Waals surface area (Å²) in [5.74, 6) is -7.83. The number of aliphatic hydroxyl groups excluding tert-OH is 2. The van der Waals surface area contributed by atoms with E-state index in [-0.39, 0.29) is 11.0 Å². The molecule has 9 heteroatoms. The third-order valence-corrected chi connectivity index (χ3v) is 7.23. The van der Waals surface area contributed by atoms with E-state index in [1.54, 1.807) is 19.1 Å². The molecule has 32 heavy (non-hydrogen) atoms. The number of hydrogen-bond acceptors (Lipinski definition) is 7. The van der Waals surface area contributed by atoms with Crippen molar-refractivity contribution in [2.45, 2.75) is 58.2 Å². The van der Waals surface area contributed by atoms with Gasteiger partial charge in [0.2, 0.25) is 5.78 Å². The average molecular weight is 469 g/mol. The minimum absolute atomic E-state index is 0.151. The molecule has 2 aliphatic heterocycles. The van der Waals surface area contributed by atoms with Crippen LogP contribution in [0, 0.1) is 23.7 Å². The number of ketones is 1. The number of halogens is 1. The molecule has 3 aliphatic rings. The van der Waals surface area contributed by atoms with Crippen LogP contribution in [0.1, 0.15) is 34.6 Å². The number of fused-ring (bicyclic) bond motifs is 3. The summed E-state index contributed by atoms with van der Waals surface area (Å²) >= 11 is 6.40. The summed E-state index contributed by atoms with van der Waals surface area (Å²) in [7, 11) is 0. The van der Waals surface area contributed by atoms with Crippen LogP contribution in [0.3, 0.4) is 0 Å². The maximum atomic E-state index is 13.3. The van der Waals surface area contributed by atoms with Crippen LogP contribution in [0.2, 0.25) is 0 Å². The fourth-order valence-corrected chi connectivity index (χ4v) is 4.80. The minimum atomic E-state index is -2.32. The molecule has 0 spiro atoms. The monoisotopic (exact) mass is 468 g/mol. The van der Waals surface area contributed by atoms with Crippen molar-refractivity contribution in [2.24, 2.45) is 23.7 Å². The number of carboxylic acids is 1. The lowest BCUT2D eigenvalue weighted by molar-refractivity contribution is -0.268. The third-order valence-electron chi connectivity index (χ3n) is 6.86. The zero-order valence-corrected chi connectivity index (χ0v) is 19.3. The molecule has 2 heterocycles. The van der Waals surface area contributed by atoms with E-state index < -0.39 is 53.1 Å². The third kappa shape index (κ3) is 3.74. The fraction of sp³-hybridized carbons (Fsp3) is 0.565. The standard InChI is InChI=1S/C23H29ClO8/c1-10(12(3)25)6-7-14-8-15-16(9-31-14)17-18(21(28)29)23(30,11(2)13(4)26)32-22(17,5)20(27)19(15)24/h6-13,17-18,25-26,30H,1-5H3,(H,28,29)/b7-6+/t10-,11+,12-,13+,17-,18-,22+,23+/m1/s1. The van der Waals surface area contributed by atoms with Gasteiger partial charge in [-0.05, 0) is 32.9 Å². The maximum absolute atomic E-state index is 13.3. The number of carbonyl (C=O) groups is 2. The van der Waals surface area contributed by atoms with E-state index in [1.807, 2.05) is 6.92 Å².